The fraction of sp³-hybridized carbons (Fsp3) is 0.350. The van der Waals surface area contributed by atoms with E-state index in [2.05, 4.69) is 10.4 Å². The number of rotatable bonds is 5. The number of amides is 1. The molecule has 0 atom stereocenters. The van der Waals surface area contributed by atoms with Gasteiger partial charge in [0.25, 0.3) is 5.91 Å². The van der Waals surface area contributed by atoms with Gasteiger partial charge in [-0.25, -0.2) is 0 Å². The Bertz CT molecular complexity index is 1030. The number of hydrogen-bond acceptors (Lipinski definition) is 5. The molecular formula is C20H23N3O4. The maximum absolute atomic E-state index is 12.1. The van der Waals surface area contributed by atoms with Crippen LogP contribution in [0.2, 0.25) is 0 Å². The van der Waals surface area contributed by atoms with Gasteiger partial charge in [-0.2, -0.15) is 5.10 Å². The lowest BCUT2D eigenvalue weighted by Gasteiger charge is -2.07. The molecule has 142 valence electrons. The highest BCUT2D eigenvalue weighted by molar-refractivity contribution is 5.94. The fourth-order valence-corrected chi connectivity index (χ4v) is 2.96. The van der Waals surface area contributed by atoms with Crippen LogP contribution in [-0.4, -0.2) is 28.3 Å². The third-order valence-electron chi connectivity index (χ3n) is 4.74. The van der Waals surface area contributed by atoms with Gasteiger partial charge in [-0.3, -0.25) is 14.3 Å². The average Bonchev–Trinajstić information content (AvgIpc) is 3.09. The highest BCUT2D eigenvalue weighted by Crippen LogP contribution is 2.25. The van der Waals surface area contributed by atoms with Crippen molar-refractivity contribution in [3.8, 4) is 0 Å². The molecule has 0 aliphatic carbocycles. The first-order chi connectivity index (χ1) is 12.8. The Kier molecular flexibility index (Phi) is 5.03. The van der Waals surface area contributed by atoms with Crippen LogP contribution in [-0.2, 0) is 27.8 Å². The van der Waals surface area contributed by atoms with E-state index in [0.29, 0.717) is 11.4 Å². The molecule has 1 amide bonds. The number of fused-ring (bicyclic) bond motifs is 1. The SMILES string of the molecule is Cc1cc2occ(CC(=O)OCC(=O)Nc3c(C)nn(C)c3C)c2cc1C. The Labute approximate surface area is 157 Å². The van der Waals surface area contributed by atoms with Crippen LogP contribution in [0.25, 0.3) is 11.0 Å². The molecule has 0 aliphatic heterocycles. The van der Waals surface area contributed by atoms with E-state index < -0.39 is 11.9 Å². The number of nitrogens with zero attached hydrogens (tertiary/aromatic N) is 2. The molecule has 0 bridgehead atoms. The number of aryl methyl sites for hydroxylation is 4. The molecule has 1 aromatic carbocycles. The van der Waals surface area contributed by atoms with Gasteiger partial charge in [0.15, 0.2) is 6.61 Å². The molecule has 0 radical (unpaired) electrons. The molecule has 2 heterocycles. The van der Waals surface area contributed by atoms with Crippen molar-refractivity contribution in [2.75, 3.05) is 11.9 Å². The maximum atomic E-state index is 12.1. The molecule has 7 nitrogen and oxygen atoms in total. The van der Waals surface area contributed by atoms with E-state index in [1.54, 1.807) is 18.0 Å². The van der Waals surface area contributed by atoms with Gasteiger partial charge in [-0.05, 0) is 51.0 Å². The van der Waals surface area contributed by atoms with Crippen LogP contribution in [0.1, 0.15) is 28.1 Å². The van der Waals surface area contributed by atoms with Crippen LogP contribution in [0.4, 0.5) is 5.69 Å². The zero-order valence-corrected chi connectivity index (χ0v) is 16.2. The highest BCUT2D eigenvalue weighted by atomic mass is 16.5. The van der Waals surface area contributed by atoms with Crippen molar-refractivity contribution in [3.63, 3.8) is 0 Å². The average molecular weight is 369 g/mol. The molecule has 0 unspecified atom stereocenters. The standard InChI is InChI=1S/C20H23N3O4/c1-11-6-16-15(9-26-17(16)7-12(11)2)8-19(25)27-10-18(24)21-20-13(3)22-23(5)14(20)4/h6-7,9H,8,10H2,1-5H3,(H,21,24). The predicted molar refractivity (Wildman–Crippen MR) is 102 cm³/mol. The number of aromatic nitrogens is 2. The smallest absolute Gasteiger partial charge is 0.310 e. The topological polar surface area (TPSA) is 86.4 Å². The molecule has 0 spiro atoms. The monoisotopic (exact) mass is 369 g/mol. The van der Waals surface area contributed by atoms with E-state index in [9.17, 15) is 9.59 Å². The summed E-state index contributed by atoms with van der Waals surface area (Å²) in [5, 5.41) is 7.86. The van der Waals surface area contributed by atoms with Crippen molar-refractivity contribution in [1.82, 2.24) is 9.78 Å². The van der Waals surface area contributed by atoms with Crippen LogP contribution < -0.4 is 5.32 Å². The van der Waals surface area contributed by atoms with Gasteiger partial charge in [0, 0.05) is 18.0 Å². The van der Waals surface area contributed by atoms with Gasteiger partial charge >= 0.3 is 5.97 Å². The first kappa shape index (κ1) is 18.7. The summed E-state index contributed by atoms with van der Waals surface area (Å²) in [7, 11) is 1.80. The number of hydrogen-bond donors (Lipinski definition) is 1. The molecule has 1 N–H and O–H groups in total. The van der Waals surface area contributed by atoms with Crippen LogP contribution in [0.3, 0.4) is 0 Å². The van der Waals surface area contributed by atoms with Crippen LogP contribution >= 0.6 is 0 Å². The second kappa shape index (κ2) is 7.26. The predicted octanol–water partition coefficient (Wildman–Crippen LogP) is 3.12. The minimum Gasteiger partial charge on any atom is -0.464 e. The third-order valence-corrected chi connectivity index (χ3v) is 4.74. The van der Waals surface area contributed by atoms with Crippen LogP contribution in [0, 0.1) is 27.7 Å². The molecule has 2 aromatic heterocycles. The summed E-state index contributed by atoms with van der Waals surface area (Å²) in [6.45, 7) is 7.34. The Morgan fingerprint density at radius 1 is 1.19 bits per heavy atom. The Morgan fingerprint density at radius 3 is 2.56 bits per heavy atom. The zero-order chi connectivity index (χ0) is 19.7. The van der Waals surface area contributed by atoms with Crippen molar-refractivity contribution < 1.29 is 18.7 Å². The number of furan rings is 1. The third kappa shape index (κ3) is 3.86. The van der Waals surface area contributed by atoms with Gasteiger partial charge < -0.3 is 14.5 Å². The lowest BCUT2D eigenvalue weighted by molar-refractivity contribution is -0.146. The summed E-state index contributed by atoms with van der Waals surface area (Å²) >= 11 is 0. The summed E-state index contributed by atoms with van der Waals surface area (Å²) in [4.78, 5) is 24.2. The molecule has 7 heteroatoms. The number of benzene rings is 1. The summed E-state index contributed by atoms with van der Waals surface area (Å²) in [6, 6.07) is 3.95. The Hall–Kier alpha value is -3.09. The Morgan fingerprint density at radius 2 is 1.89 bits per heavy atom. The molecule has 0 fully saturated rings. The molecule has 0 saturated carbocycles. The van der Waals surface area contributed by atoms with Crippen molar-refractivity contribution >= 4 is 28.5 Å². The van der Waals surface area contributed by atoms with Gasteiger partial charge in [-0.15, -0.1) is 0 Å². The van der Waals surface area contributed by atoms with E-state index in [4.69, 9.17) is 9.15 Å². The lowest BCUT2D eigenvalue weighted by Crippen LogP contribution is -2.22. The van der Waals surface area contributed by atoms with E-state index in [1.807, 2.05) is 39.8 Å². The maximum Gasteiger partial charge on any atom is 0.310 e. The van der Waals surface area contributed by atoms with Crippen molar-refractivity contribution in [2.45, 2.75) is 34.1 Å². The van der Waals surface area contributed by atoms with Gasteiger partial charge in [0.1, 0.15) is 5.58 Å². The van der Waals surface area contributed by atoms with Crippen molar-refractivity contribution in [2.24, 2.45) is 7.05 Å². The van der Waals surface area contributed by atoms with E-state index >= 15 is 0 Å². The molecule has 0 aliphatic rings. The molecule has 0 saturated heterocycles. The van der Waals surface area contributed by atoms with Gasteiger partial charge in [0.2, 0.25) is 0 Å². The summed E-state index contributed by atoms with van der Waals surface area (Å²) in [5.41, 5.74) is 5.93. The minimum atomic E-state index is -0.481. The minimum absolute atomic E-state index is 0.0493. The quantitative estimate of drug-likeness (QED) is 0.698. The molecule has 3 aromatic rings. The first-order valence-electron chi connectivity index (χ1n) is 8.69. The lowest BCUT2D eigenvalue weighted by atomic mass is 10.0. The zero-order valence-electron chi connectivity index (χ0n) is 16.2. The largest absolute Gasteiger partial charge is 0.464 e. The van der Waals surface area contributed by atoms with E-state index in [0.717, 1.165) is 33.4 Å². The van der Waals surface area contributed by atoms with Gasteiger partial charge in [-0.1, -0.05) is 0 Å². The summed E-state index contributed by atoms with van der Waals surface area (Å²) in [6.07, 6.45) is 1.61. The molecule has 27 heavy (non-hydrogen) atoms. The number of anilines is 1. The van der Waals surface area contributed by atoms with E-state index in [-0.39, 0.29) is 13.0 Å². The fourth-order valence-electron chi connectivity index (χ4n) is 2.96. The normalized spacial score (nSPS) is 11.0. The number of carbonyl (C=O) groups is 2. The van der Waals surface area contributed by atoms with Crippen molar-refractivity contribution in [1.29, 1.82) is 0 Å². The molecular weight excluding hydrogens is 346 g/mol. The number of ether oxygens (including phenoxy) is 1. The number of nitrogens with one attached hydrogen (secondary N) is 1. The number of carbonyl (C=O) groups excluding carboxylic acids is 2. The number of esters is 1. The second-order valence-corrected chi connectivity index (χ2v) is 6.75. The van der Waals surface area contributed by atoms with Gasteiger partial charge in [0.05, 0.1) is 29.8 Å². The Balaban J connectivity index is 1.60. The summed E-state index contributed by atoms with van der Waals surface area (Å²) < 4.78 is 12.3. The highest BCUT2D eigenvalue weighted by Gasteiger charge is 2.16. The van der Waals surface area contributed by atoms with E-state index in [1.165, 1.54) is 0 Å². The second-order valence-electron chi connectivity index (χ2n) is 6.75. The van der Waals surface area contributed by atoms with Crippen LogP contribution in [0.5, 0.6) is 0 Å². The van der Waals surface area contributed by atoms with Crippen molar-refractivity contribution in [3.05, 3.63) is 46.5 Å². The van der Waals surface area contributed by atoms with Crippen LogP contribution in [0.15, 0.2) is 22.8 Å². The summed E-state index contributed by atoms with van der Waals surface area (Å²) in [5.74, 6) is -0.878. The first-order valence-corrected chi connectivity index (χ1v) is 8.69. The molecule has 3 rings (SSSR count).